The SMILES string of the molecule is Cc1ccc2c(NC(=O)CCC(F)(F)F)cccc2c1Oc1ncccc1-c1ccnc(NC2CCCN(C(=O)OC(C)(C)C)C2)n1. The third-order valence-corrected chi connectivity index (χ3v) is 7.43. The van der Waals surface area contributed by atoms with Gasteiger partial charge in [-0.25, -0.2) is 19.7 Å². The van der Waals surface area contributed by atoms with Crippen LogP contribution in [0, 0.1) is 6.92 Å². The molecule has 1 fully saturated rings. The van der Waals surface area contributed by atoms with Gasteiger partial charge in [0, 0.05) is 54.4 Å². The molecule has 1 saturated heterocycles. The molecule has 0 bridgehead atoms. The van der Waals surface area contributed by atoms with E-state index >= 15 is 0 Å². The molecule has 1 unspecified atom stereocenters. The molecule has 5 rings (SSSR count). The molecule has 0 saturated carbocycles. The van der Waals surface area contributed by atoms with Crippen molar-refractivity contribution < 1.29 is 32.2 Å². The van der Waals surface area contributed by atoms with Gasteiger partial charge in [-0.2, -0.15) is 13.2 Å². The fraction of sp³-hybridized carbons (Fsp3) is 0.382. The van der Waals surface area contributed by atoms with Crippen LogP contribution >= 0.6 is 0 Å². The van der Waals surface area contributed by atoms with Gasteiger partial charge in [-0.1, -0.05) is 24.3 Å². The third-order valence-electron chi connectivity index (χ3n) is 7.43. The van der Waals surface area contributed by atoms with E-state index in [9.17, 15) is 22.8 Å². The molecule has 2 N–H and O–H groups in total. The number of ether oxygens (including phenoxy) is 2. The summed E-state index contributed by atoms with van der Waals surface area (Å²) >= 11 is 0. The monoisotopic (exact) mass is 650 g/mol. The van der Waals surface area contributed by atoms with Crippen molar-refractivity contribution in [2.45, 2.75) is 71.2 Å². The van der Waals surface area contributed by atoms with Crippen LogP contribution < -0.4 is 15.4 Å². The van der Waals surface area contributed by atoms with E-state index < -0.39 is 30.5 Å². The quantitative estimate of drug-likeness (QED) is 0.198. The van der Waals surface area contributed by atoms with Crippen molar-refractivity contribution in [3.05, 3.63) is 66.5 Å². The summed E-state index contributed by atoms with van der Waals surface area (Å²) in [4.78, 5) is 40.2. The predicted molar refractivity (Wildman–Crippen MR) is 172 cm³/mol. The number of pyridine rings is 1. The van der Waals surface area contributed by atoms with Gasteiger partial charge >= 0.3 is 12.3 Å². The van der Waals surface area contributed by atoms with Crippen molar-refractivity contribution in [3.8, 4) is 22.9 Å². The number of benzene rings is 2. The van der Waals surface area contributed by atoms with Crippen LogP contribution in [0.5, 0.6) is 11.6 Å². The second-order valence-corrected chi connectivity index (χ2v) is 12.4. The zero-order chi connectivity index (χ0) is 33.8. The van der Waals surface area contributed by atoms with Crippen LogP contribution in [-0.4, -0.2) is 62.8 Å². The number of hydrogen-bond acceptors (Lipinski definition) is 8. The molecule has 1 aliphatic heterocycles. The molecule has 3 heterocycles. The number of aromatic nitrogens is 3. The smallest absolute Gasteiger partial charge is 0.410 e. The Kier molecular flexibility index (Phi) is 9.83. The highest BCUT2D eigenvalue weighted by atomic mass is 19.4. The first-order valence-corrected chi connectivity index (χ1v) is 15.4. The number of halogens is 3. The molecular formula is C34H37F3N6O4. The summed E-state index contributed by atoms with van der Waals surface area (Å²) < 4.78 is 49.9. The Morgan fingerprint density at radius 1 is 1.00 bits per heavy atom. The minimum Gasteiger partial charge on any atom is -0.444 e. The van der Waals surface area contributed by atoms with Crippen molar-refractivity contribution in [1.82, 2.24) is 19.9 Å². The Bertz CT molecular complexity index is 1760. The number of fused-ring (bicyclic) bond motifs is 1. The Balaban J connectivity index is 1.36. The van der Waals surface area contributed by atoms with E-state index in [-0.39, 0.29) is 18.0 Å². The largest absolute Gasteiger partial charge is 0.444 e. The van der Waals surface area contributed by atoms with Crippen molar-refractivity contribution in [2.24, 2.45) is 0 Å². The minimum absolute atomic E-state index is 0.0716. The molecule has 47 heavy (non-hydrogen) atoms. The Morgan fingerprint density at radius 3 is 2.57 bits per heavy atom. The number of amides is 2. The average Bonchev–Trinajstić information content (AvgIpc) is 3.01. The van der Waals surface area contributed by atoms with Crippen LogP contribution in [0.2, 0.25) is 0 Å². The first-order chi connectivity index (χ1) is 22.3. The number of nitrogens with one attached hydrogen (secondary N) is 2. The summed E-state index contributed by atoms with van der Waals surface area (Å²) in [6.45, 7) is 8.45. The van der Waals surface area contributed by atoms with Gasteiger partial charge in [0.05, 0.1) is 17.7 Å². The zero-order valence-electron chi connectivity index (χ0n) is 26.6. The lowest BCUT2D eigenvalue weighted by Gasteiger charge is -2.34. The number of likely N-dealkylation sites (tertiary alicyclic amines) is 1. The molecule has 0 aliphatic carbocycles. The van der Waals surface area contributed by atoms with Crippen LogP contribution in [-0.2, 0) is 9.53 Å². The van der Waals surface area contributed by atoms with Crippen molar-refractivity contribution in [2.75, 3.05) is 23.7 Å². The van der Waals surface area contributed by atoms with E-state index in [0.717, 1.165) is 18.4 Å². The topological polar surface area (TPSA) is 119 Å². The van der Waals surface area contributed by atoms with Crippen molar-refractivity contribution in [3.63, 3.8) is 0 Å². The van der Waals surface area contributed by atoms with Crippen LogP contribution in [0.4, 0.5) is 29.6 Å². The number of carbonyl (C=O) groups is 2. The number of alkyl halides is 3. The van der Waals surface area contributed by atoms with Crippen LogP contribution in [0.3, 0.4) is 0 Å². The molecule has 0 spiro atoms. The summed E-state index contributed by atoms with van der Waals surface area (Å²) in [6.07, 6.45) is -1.79. The molecule has 0 radical (unpaired) electrons. The fourth-order valence-corrected chi connectivity index (χ4v) is 5.26. The predicted octanol–water partition coefficient (Wildman–Crippen LogP) is 7.88. The second-order valence-electron chi connectivity index (χ2n) is 12.4. The number of hydrogen-bond donors (Lipinski definition) is 2. The van der Waals surface area contributed by atoms with E-state index in [1.807, 2.05) is 45.9 Å². The summed E-state index contributed by atoms with van der Waals surface area (Å²) in [7, 11) is 0. The number of carbonyl (C=O) groups excluding carboxylic acids is 2. The molecule has 4 aromatic rings. The van der Waals surface area contributed by atoms with E-state index in [2.05, 4.69) is 20.6 Å². The molecule has 13 heteroatoms. The van der Waals surface area contributed by atoms with Gasteiger partial charge in [-0.05, 0) is 70.4 Å². The van der Waals surface area contributed by atoms with Crippen molar-refractivity contribution in [1.29, 1.82) is 0 Å². The third kappa shape index (κ3) is 8.87. The fourth-order valence-electron chi connectivity index (χ4n) is 5.26. The van der Waals surface area contributed by atoms with Crippen LogP contribution in [0.25, 0.3) is 22.0 Å². The van der Waals surface area contributed by atoms with Gasteiger partial charge in [0.1, 0.15) is 11.4 Å². The number of nitrogens with zero attached hydrogens (tertiary/aromatic N) is 4. The van der Waals surface area contributed by atoms with Gasteiger partial charge < -0.3 is 25.0 Å². The zero-order valence-corrected chi connectivity index (χ0v) is 26.6. The highest BCUT2D eigenvalue weighted by Crippen LogP contribution is 2.39. The number of rotatable bonds is 8. The molecule has 10 nitrogen and oxygen atoms in total. The molecule has 2 aromatic carbocycles. The summed E-state index contributed by atoms with van der Waals surface area (Å²) in [5.41, 5.74) is 1.73. The molecule has 2 amide bonds. The van der Waals surface area contributed by atoms with Gasteiger partial charge in [0.25, 0.3) is 0 Å². The van der Waals surface area contributed by atoms with E-state index in [1.54, 1.807) is 47.6 Å². The maximum absolute atomic E-state index is 12.6. The van der Waals surface area contributed by atoms with E-state index in [1.165, 1.54) is 0 Å². The molecule has 248 valence electrons. The molecule has 1 atom stereocenters. The molecule has 2 aromatic heterocycles. The Morgan fingerprint density at radius 2 is 1.81 bits per heavy atom. The Hall–Kier alpha value is -4.94. The standard InChI is InChI=1S/C34H37F3N6O4/c1-21-12-13-23-24(9-5-11-26(23)41-28(44)14-16-34(35,36)37)29(21)46-30-25(10-6-17-38-30)27-15-18-39-31(42-27)40-22-8-7-19-43(20-22)32(45)47-33(2,3)4/h5-6,9-13,15,17-18,22H,7-8,14,16,19-20H2,1-4H3,(H,41,44)(H,39,40,42). The minimum atomic E-state index is -4.42. The Labute approximate surface area is 270 Å². The van der Waals surface area contributed by atoms with Gasteiger partial charge in [0.15, 0.2) is 0 Å². The maximum atomic E-state index is 12.6. The second kappa shape index (κ2) is 13.8. The summed E-state index contributed by atoms with van der Waals surface area (Å²) in [5.74, 6) is 0.413. The van der Waals surface area contributed by atoms with E-state index in [0.29, 0.717) is 52.5 Å². The van der Waals surface area contributed by atoms with Crippen LogP contribution in [0.15, 0.2) is 60.9 Å². The van der Waals surface area contributed by atoms with Crippen LogP contribution in [0.1, 0.15) is 52.0 Å². The highest BCUT2D eigenvalue weighted by molar-refractivity contribution is 6.04. The lowest BCUT2D eigenvalue weighted by atomic mass is 10.0. The maximum Gasteiger partial charge on any atom is 0.410 e. The average molecular weight is 651 g/mol. The van der Waals surface area contributed by atoms with E-state index in [4.69, 9.17) is 14.5 Å². The summed E-state index contributed by atoms with van der Waals surface area (Å²) in [6, 6.07) is 14.0. The van der Waals surface area contributed by atoms with Crippen molar-refractivity contribution >= 4 is 34.4 Å². The molecule has 1 aliphatic rings. The first-order valence-electron chi connectivity index (χ1n) is 15.4. The van der Waals surface area contributed by atoms with Gasteiger partial charge in [-0.15, -0.1) is 0 Å². The number of aryl methyl sites for hydroxylation is 1. The lowest BCUT2D eigenvalue weighted by Crippen LogP contribution is -2.47. The normalized spacial score (nSPS) is 15.3. The lowest BCUT2D eigenvalue weighted by molar-refractivity contribution is -0.142. The number of anilines is 2. The summed E-state index contributed by atoms with van der Waals surface area (Å²) in [5, 5.41) is 7.20. The van der Waals surface area contributed by atoms with Gasteiger partial charge in [0.2, 0.25) is 17.7 Å². The van der Waals surface area contributed by atoms with Gasteiger partial charge in [-0.3, -0.25) is 4.79 Å². The highest BCUT2D eigenvalue weighted by Gasteiger charge is 2.29. The number of piperidine rings is 1. The molecular weight excluding hydrogens is 613 g/mol. The first kappa shape index (κ1) is 33.4.